The van der Waals surface area contributed by atoms with Crippen LogP contribution in [0.2, 0.25) is 0 Å². The van der Waals surface area contributed by atoms with E-state index < -0.39 is 10.0 Å². The van der Waals surface area contributed by atoms with Gasteiger partial charge >= 0.3 is 0 Å². The number of piperazine rings is 1. The van der Waals surface area contributed by atoms with Crippen molar-refractivity contribution in [3.8, 4) is 0 Å². The molecule has 1 saturated heterocycles. The molecule has 3 aromatic rings. The predicted molar refractivity (Wildman–Crippen MR) is 131 cm³/mol. The summed E-state index contributed by atoms with van der Waals surface area (Å²) >= 11 is 0. The third kappa shape index (κ3) is 5.43. The first-order valence-electron chi connectivity index (χ1n) is 11.1. The zero-order valence-electron chi connectivity index (χ0n) is 18.9. The number of sulfonamides is 1. The molecule has 0 aromatic heterocycles. The van der Waals surface area contributed by atoms with Crippen molar-refractivity contribution in [1.82, 2.24) is 9.62 Å². The van der Waals surface area contributed by atoms with E-state index in [1.54, 1.807) is 54.6 Å². The highest BCUT2D eigenvalue weighted by Crippen LogP contribution is 2.22. The molecule has 6 nitrogen and oxygen atoms in total. The Morgan fingerprint density at radius 1 is 0.970 bits per heavy atom. The number of hydrogen-bond donors (Lipinski definition) is 1. The lowest BCUT2D eigenvalue weighted by Crippen LogP contribution is -2.53. The van der Waals surface area contributed by atoms with Crippen LogP contribution < -0.4 is 9.62 Å². The van der Waals surface area contributed by atoms with Crippen molar-refractivity contribution in [2.45, 2.75) is 31.3 Å². The Labute approximate surface area is 195 Å². The monoisotopic (exact) mass is 463 g/mol. The number of aryl methyl sites for hydroxylation is 1. The summed E-state index contributed by atoms with van der Waals surface area (Å²) in [4.78, 5) is 17.5. The molecule has 1 N–H and O–H groups in total. The first-order valence-corrected chi connectivity index (χ1v) is 12.6. The first-order chi connectivity index (χ1) is 15.8. The Hall–Kier alpha value is -3.16. The molecule has 1 aliphatic rings. The second kappa shape index (κ2) is 9.77. The third-order valence-electron chi connectivity index (χ3n) is 5.97. The maximum atomic E-state index is 13.1. The van der Waals surface area contributed by atoms with Crippen molar-refractivity contribution in [1.29, 1.82) is 0 Å². The van der Waals surface area contributed by atoms with Gasteiger partial charge in [0, 0.05) is 43.5 Å². The van der Waals surface area contributed by atoms with E-state index >= 15 is 0 Å². The number of hydrogen-bond acceptors (Lipinski definition) is 4. The summed E-state index contributed by atoms with van der Waals surface area (Å²) in [5, 5.41) is 0. The number of carbonyl (C=O) groups is 1. The van der Waals surface area contributed by atoms with Gasteiger partial charge in [0.1, 0.15) is 0 Å². The van der Waals surface area contributed by atoms with Crippen molar-refractivity contribution < 1.29 is 13.2 Å². The van der Waals surface area contributed by atoms with Gasteiger partial charge in [0.15, 0.2) is 0 Å². The van der Waals surface area contributed by atoms with Crippen molar-refractivity contribution in [3.63, 3.8) is 0 Å². The van der Waals surface area contributed by atoms with E-state index in [0.29, 0.717) is 18.7 Å². The van der Waals surface area contributed by atoms with Crippen molar-refractivity contribution in [2.75, 3.05) is 24.5 Å². The summed E-state index contributed by atoms with van der Waals surface area (Å²) in [6.45, 7) is 6.50. The average Bonchev–Trinajstić information content (AvgIpc) is 2.83. The molecule has 0 saturated carbocycles. The van der Waals surface area contributed by atoms with Crippen LogP contribution in [0.4, 0.5) is 5.69 Å². The lowest BCUT2D eigenvalue weighted by molar-refractivity contribution is 0.0726. The van der Waals surface area contributed by atoms with Crippen molar-refractivity contribution in [3.05, 3.63) is 95.6 Å². The zero-order chi connectivity index (χ0) is 23.4. The van der Waals surface area contributed by atoms with E-state index in [1.165, 1.54) is 11.3 Å². The average molecular weight is 464 g/mol. The first kappa shape index (κ1) is 23.0. The van der Waals surface area contributed by atoms with Gasteiger partial charge in [0.25, 0.3) is 5.91 Å². The Morgan fingerprint density at radius 3 is 2.36 bits per heavy atom. The minimum atomic E-state index is -3.57. The van der Waals surface area contributed by atoms with Gasteiger partial charge in [-0.25, -0.2) is 13.1 Å². The van der Waals surface area contributed by atoms with Crippen LogP contribution in [-0.4, -0.2) is 44.9 Å². The van der Waals surface area contributed by atoms with Crippen molar-refractivity contribution >= 4 is 21.6 Å². The molecule has 1 unspecified atom stereocenters. The fourth-order valence-corrected chi connectivity index (χ4v) is 5.18. The van der Waals surface area contributed by atoms with E-state index in [2.05, 4.69) is 47.7 Å². The van der Waals surface area contributed by atoms with Gasteiger partial charge in [0.05, 0.1) is 4.90 Å². The Morgan fingerprint density at radius 2 is 1.70 bits per heavy atom. The molecule has 0 aliphatic carbocycles. The largest absolute Gasteiger partial charge is 0.365 e. The molecule has 3 aromatic carbocycles. The number of anilines is 1. The summed E-state index contributed by atoms with van der Waals surface area (Å²) in [5.41, 5.74) is 3.82. The number of nitrogens with one attached hydrogen (secondary N) is 1. The van der Waals surface area contributed by atoms with Crippen LogP contribution in [-0.2, 0) is 16.6 Å². The summed E-state index contributed by atoms with van der Waals surface area (Å²) in [6, 6.07) is 24.1. The van der Waals surface area contributed by atoms with Crippen LogP contribution >= 0.6 is 0 Å². The van der Waals surface area contributed by atoms with E-state index in [0.717, 1.165) is 12.1 Å². The zero-order valence-corrected chi connectivity index (χ0v) is 19.8. The quantitative estimate of drug-likeness (QED) is 0.603. The van der Waals surface area contributed by atoms with Crippen LogP contribution in [0.15, 0.2) is 83.8 Å². The van der Waals surface area contributed by atoms with Crippen molar-refractivity contribution in [2.24, 2.45) is 0 Å². The number of amides is 1. The predicted octanol–water partition coefficient (Wildman–Crippen LogP) is 3.82. The van der Waals surface area contributed by atoms with Gasteiger partial charge in [-0.3, -0.25) is 4.79 Å². The molecule has 33 heavy (non-hydrogen) atoms. The molecule has 1 amide bonds. The summed E-state index contributed by atoms with van der Waals surface area (Å²) in [5.74, 6) is 0.00200. The molecule has 0 radical (unpaired) electrons. The maximum absolute atomic E-state index is 13.1. The topological polar surface area (TPSA) is 69.7 Å². The van der Waals surface area contributed by atoms with E-state index in [4.69, 9.17) is 0 Å². The Kier molecular flexibility index (Phi) is 6.81. The van der Waals surface area contributed by atoms with Crippen LogP contribution in [0.25, 0.3) is 0 Å². The second-order valence-corrected chi connectivity index (χ2v) is 10.2. The van der Waals surface area contributed by atoms with Gasteiger partial charge in [-0.1, -0.05) is 42.5 Å². The van der Waals surface area contributed by atoms with Gasteiger partial charge in [-0.2, -0.15) is 0 Å². The van der Waals surface area contributed by atoms with Gasteiger partial charge < -0.3 is 9.80 Å². The smallest absolute Gasteiger partial charge is 0.253 e. The SMILES string of the molecule is Cc1cccc(N2CCN(C(=O)c3ccc(CNS(=O)(=O)c4ccccc4)cc3)CC2C)c1. The highest BCUT2D eigenvalue weighted by Gasteiger charge is 2.27. The number of carbonyl (C=O) groups excluding carboxylic acids is 1. The molecular weight excluding hydrogens is 434 g/mol. The molecule has 1 atom stereocenters. The fourth-order valence-electron chi connectivity index (χ4n) is 4.14. The van der Waals surface area contributed by atoms with Crippen LogP contribution in [0.1, 0.15) is 28.4 Å². The standard InChI is InChI=1S/C26H29N3O3S/c1-20-7-6-8-24(17-20)29-16-15-28(19-21(29)2)26(30)23-13-11-22(12-14-23)18-27-33(31,32)25-9-4-3-5-10-25/h3-14,17,21,27H,15-16,18-19H2,1-2H3. The van der Waals surface area contributed by atoms with Gasteiger partial charge in [-0.15, -0.1) is 0 Å². The second-order valence-electron chi connectivity index (χ2n) is 8.47. The fraction of sp³-hybridized carbons (Fsp3) is 0.269. The molecule has 4 rings (SSSR count). The number of benzene rings is 3. The molecule has 172 valence electrons. The van der Waals surface area contributed by atoms with Crippen LogP contribution in [0, 0.1) is 6.92 Å². The lowest BCUT2D eigenvalue weighted by Gasteiger charge is -2.41. The summed E-state index contributed by atoms with van der Waals surface area (Å²) in [6.07, 6.45) is 0. The van der Waals surface area contributed by atoms with Crippen LogP contribution in [0.5, 0.6) is 0 Å². The number of nitrogens with zero attached hydrogens (tertiary/aromatic N) is 2. The van der Waals surface area contributed by atoms with E-state index in [-0.39, 0.29) is 23.4 Å². The molecular formula is C26H29N3O3S. The number of rotatable bonds is 6. The highest BCUT2D eigenvalue weighted by atomic mass is 32.2. The highest BCUT2D eigenvalue weighted by molar-refractivity contribution is 7.89. The Balaban J connectivity index is 1.36. The molecule has 0 bridgehead atoms. The lowest BCUT2D eigenvalue weighted by atomic mass is 10.1. The van der Waals surface area contributed by atoms with Crippen LogP contribution in [0.3, 0.4) is 0 Å². The molecule has 7 heteroatoms. The minimum absolute atomic E-state index is 0.00200. The molecule has 1 fully saturated rings. The summed E-state index contributed by atoms with van der Waals surface area (Å²) in [7, 11) is -3.57. The van der Waals surface area contributed by atoms with Gasteiger partial charge in [0.2, 0.25) is 10.0 Å². The van der Waals surface area contributed by atoms with E-state index in [1.807, 2.05) is 4.90 Å². The minimum Gasteiger partial charge on any atom is -0.365 e. The normalized spacial score (nSPS) is 16.6. The van der Waals surface area contributed by atoms with Gasteiger partial charge in [-0.05, 0) is 61.4 Å². The maximum Gasteiger partial charge on any atom is 0.253 e. The molecule has 1 heterocycles. The molecule has 1 aliphatic heterocycles. The summed E-state index contributed by atoms with van der Waals surface area (Å²) < 4.78 is 27.4. The third-order valence-corrected chi connectivity index (χ3v) is 7.39. The Bertz CT molecular complexity index is 1210. The molecule has 0 spiro atoms. The van der Waals surface area contributed by atoms with E-state index in [9.17, 15) is 13.2 Å².